The number of carbonyl (C=O) groups excluding carboxylic acids is 2. The van der Waals surface area contributed by atoms with E-state index in [1.165, 1.54) is 12.1 Å². The first-order chi connectivity index (χ1) is 14.3. The lowest BCUT2D eigenvalue weighted by molar-refractivity contribution is -0.158. The molecule has 1 aliphatic rings. The molecule has 7 heteroatoms. The first-order valence-corrected chi connectivity index (χ1v) is 10.5. The Labute approximate surface area is 177 Å². The van der Waals surface area contributed by atoms with Gasteiger partial charge in [0.1, 0.15) is 11.5 Å². The van der Waals surface area contributed by atoms with Crippen molar-refractivity contribution in [3.05, 3.63) is 53.1 Å². The van der Waals surface area contributed by atoms with E-state index in [1.54, 1.807) is 35.7 Å². The van der Waals surface area contributed by atoms with Crippen LogP contribution in [0.5, 0.6) is 0 Å². The Kier molecular flexibility index (Phi) is 6.58. The molecular formula is C23H30FN3O3. The van der Waals surface area contributed by atoms with Gasteiger partial charge in [0.05, 0.1) is 17.7 Å². The minimum absolute atomic E-state index is 0.135. The van der Waals surface area contributed by atoms with Crippen LogP contribution in [0, 0.1) is 11.2 Å². The molecule has 0 radical (unpaired) electrons. The topological polar surface area (TPSA) is 64.4 Å². The maximum absolute atomic E-state index is 13.3. The number of hydrogen-bond donors (Lipinski definition) is 0. The molecule has 1 atom stereocenters. The molecule has 6 nitrogen and oxygen atoms in total. The molecule has 0 saturated carbocycles. The van der Waals surface area contributed by atoms with Crippen molar-refractivity contribution in [1.29, 1.82) is 0 Å². The summed E-state index contributed by atoms with van der Waals surface area (Å²) in [6.07, 6.45) is 1.72. The lowest BCUT2D eigenvalue weighted by Crippen LogP contribution is -2.52. The molecule has 0 aliphatic carbocycles. The molecule has 1 aromatic heterocycles. The fourth-order valence-corrected chi connectivity index (χ4v) is 4.10. The van der Waals surface area contributed by atoms with Crippen molar-refractivity contribution in [3.8, 4) is 0 Å². The van der Waals surface area contributed by atoms with Crippen LogP contribution >= 0.6 is 0 Å². The average Bonchev–Trinajstić information content (AvgIpc) is 3.11. The van der Waals surface area contributed by atoms with Gasteiger partial charge in [-0.05, 0) is 55.9 Å². The molecule has 0 bridgehead atoms. The highest BCUT2D eigenvalue weighted by Crippen LogP contribution is 2.36. The van der Waals surface area contributed by atoms with E-state index in [0.717, 1.165) is 11.3 Å². The maximum Gasteiger partial charge on any atom is 0.314 e. The predicted octanol–water partition coefficient (Wildman–Crippen LogP) is 3.71. The number of halogens is 1. The summed E-state index contributed by atoms with van der Waals surface area (Å²) in [6.45, 7) is 6.96. The molecule has 1 amide bonds. The molecule has 0 spiro atoms. The van der Waals surface area contributed by atoms with Gasteiger partial charge in [0.2, 0.25) is 0 Å². The van der Waals surface area contributed by atoms with Crippen LogP contribution in [0.25, 0.3) is 0 Å². The fourth-order valence-electron chi connectivity index (χ4n) is 4.10. The van der Waals surface area contributed by atoms with E-state index in [1.807, 2.05) is 19.9 Å². The summed E-state index contributed by atoms with van der Waals surface area (Å²) in [5.74, 6) is -0.540. The Morgan fingerprint density at radius 3 is 2.57 bits per heavy atom. The maximum atomic E-state index is 13.3. The van der Waals surface area contributed by atoms with E-state index in [9.17, 15) is 14.0 Å². The number of piperidine rings is 1. The van der Waals surface area contributed by atoms with Crippen LogP contribution in [0.1, 0.15) is 61.3 Å². The van der Waals surface area contributed by atoms with E-state index in [2.05, 4.69) is 5.10 Å². The summed E-state index contributed by atoms with van der Waals surface area (Å²) in [5.41, 5.74) is 1.38. The van der Waals surface area contributed by atoms with Crippen LogP contribution < -0.4 is 0 Å². The van der Waals surface area contributed by atoms with Crippen molar-refractivity contribution in [1.82, 2.24) is 14.7 Å². The number of likely N-dealkylation sites (tertiary alicyclic amines) is 1. The molecule has 1 aliphatic heterocycles. The minimum atomic E-state index is -0.846. The Morgan fingerprint density at radius 2 is 1.97 bits per heavy atom. The van der Waals surface area contributed by atoms with Gasteiger partial charge in [-0.2, -0.15) is 5.10 Å². The van der Waals surface area contributed by atoms with Gasteiger partial charge in [0, 0.05) is 20.1 Å². The summed E-state index contributed by atoms with van der Waals surface area (Å²) < 4.78 is 20.4. The number of hydrogen-bond acceptors (Lipinski definition) is 4. The van der Waals surface area contributed by atoms with Gasteiger partial charge in [-0.3, -0.25) is 14.3 Å². The van der Waals surface area contributed by atoms with Crippen molar-refractivity contribution < 1.29 is 18.7 Å². The molecule has 3 rings (SSSR count). The van der Waals surface area contributed by atoms with Gasteiger partial charge in [0.15, 0.2) is 0 Å². The molecule has 1 fully saturated rings. The largest absolute Gasteiger partial charge is 0.466 e. The number of ether oxygens (including phenoxy) is 1. The third-order valence-electron chi connectivity index (χ3n) is 5.74. The van der Waals surface area contributed by atoms with Gasteiger partial charge in [-0.15, -0.1) is 0 Å². The summed E-state index contributed by atoms with van der Waals surface area (Å²) in [5, 5.41) is 4.44. The van der Waals surface area contributed by atoms with E-state index in [0.29, 0.717) is 31.5 Å². The highest BCUT2D eigenvalue weighted by atomic mass is 19.1. The standard InChI is InChI=1S/C23H30FN3O3/c1-5-30-22(29)23(14-17-7-9-18(24)10-8-17)11-6-12-27(15-23)21(28)20-13-19(16(2)3)25-26(20)4/h7-10,13,16H,5-6,11-12,14-15H2,1-4H3. The second-order valence-electron chi connectivity index (χ2n) is 8.37. The van der Waals surface area contributed by atoms with Crippen LogP contribution in [-0.4, -0.2) is 46.3 Å². The average molecular weight is 416 g/mol. The first kappa shape index (κ1) is 22.0. The Balaban J connectivity index is 1.88. The number of esters is 1. The quantitative estimate of drug-likeness (QED) is 0.675. The van der Waals surface area contributed by atoms with Crippen molar-refractivity contribution in [2.24, 2.45) is 12.5 Å². The third kappa shape index (κ3) is 4.55. The number of rotatable bonds is 6. The number of aromatic nitrogens is 2. The van der Waals surface area contributed by atoms with Gasteiger partial charge in [0.25, 0.3) is 5.91 Å². The van der Waals surface area contributed by atoms with Gasteiger partial charge < -0.3 is 9.64 Å². The van der Waals surface area contributed by atoms with Crippen molar-refractivity contribution in [2.45, 2.75) is 46.0 Å². The third-order valence-corrected chi connectivity index (χ3v) is 5.74. The molecule has 1 saturated heterocycles. The number of nitrogens with zero attached hydrogens (tertiary/aromatic N) is 3. The SMILES string of the molecule is CCOC(=O)C1(Cc2ccc(F)cc2)CCCN(C(=O)c2cc(C(C)C)nn2C)C1. The second-order valence-corrected chi connectivity index (χ2v) is 8.37. The van der Waals surface area contributed by atoms with E-state index in [4.69, 9.17) is 4.74 Å². The normalized spacial score (nSPS) is 19.2. The van der Waals surface area contributed by atoms with E-state index in [-0.39, 0.29) is 36.8 Å². The summed E-state index contributed by atoms with van der Waals surface area (Å²) in [6, 6.07) is 7.99. The van der Waals surface area contributed by atoms with Crippen LogP contribution in [0.4, 0.5) is 4.39 Å². The molecular weight excluding hydrogens is 385 g/mol. The zero-order valence-corrected chi connectivity index (χ0v) is 18.2. The van der Waals surface area contributed by atoms with Gasteiger partial charge in [-0.25, -0.2) is 4.39 Å². The van der Waals surface area contributed by atoms with E-state index >= 15 is 0 Å². The molecule has 1 aromatic carbocycles. The van der Waals surface area contributed by atoms with Crippen molar-refractivity contribution >= 4 is 11.9 Å². The van der Waals surface area contributed by atoms with Crippen LogP contribution in [0.2, 0.25) is 0 Å². The lowest BCUT2D eigenvalue weighted by atomic mass is 9.75. The minimum Gasteiger partial charge on any atom is -0.466 e. The molecule has 1 unspecified atom stereocenters. The smallest absolute Gasteiger partial charge is 0.314 e. The summed E-state index contributed by atoms with van der Waals surface area (Å²) in [7, 11) is 1.76. The number of aryl methyl sites for hydroxylation is 1. The monoisotopic (exact) mass is 415 g/mol. The Bertz CT molecular complexity index is 907. The van der Waals surface area contributed by atoms with Gasteiger partial charge >= 0.3 is 5.97 Å². The van der Waals surface area contributed by atoms with E-state index < -0.39 is 5.41 Å². The zero-order chi connectivity index (χ0) is 21.9. The highest BCUT2D eigenvalue weighted by molar-refractivity contribution is 5.93. The molecule has 2 heterocycles. The fraction of sp³-hybridized carbons (Fsp3) is 0.522. The molecule has 2 aromatic rings. The molecule has 30 heavy (non-hydrogen) atoms. The summed E-state index contributed by atoms with van der Waals surface area (Å²) in [4.78, 5) is 28.0. The van der Waals surface area contributed by atoms with Crippen molar-refractivity contribution in [3.63, 3.8) is 0 Å². The van der Waals surface area contributed by atoms with Crippen LogP contribution in [-0.2, 0) is 23.0 Å². The van der Waals surface area contributed by atoms with Crippen LogP contribution in [0.3, 0.4) is 0 Å². The number of carbonyl (C=O) groups is 2. The molecule has 0 N–H and O–H groups in total. The number of benzene rings is 1. The summed E-state index contributed by atoms with van der Waals surface area (Å²) >= 11 is 0. The molecule has 162 valence electrons. The highest BCUT2D eigenvalue weighted by Gasteiger charge is 2.45. The number of amides is 1. The Morgan fingerprint density at radius 1 is 1.27 bits per heavy atom. The Hall–Kier alpha value is -2.70. The van der Waals surface area contributed by atoms with Gasteiger partial charge in [-0.1, -0.05) is 26.0 Å². The zero-order valence-electron chi connectivity index (χ0n) is 18.2. The predicted molar refractivity (Wildman–Crippen MR) is 112 cm³/mol. The van der Waals surface area contributed by atoms with Crippen molar-refractivity contribution in [2.75, 3.05) is 19.7 Å². The lowest BCUT2D eigenvalue weighted by Gasteiger charge is -2.41. The first-order valence-electron chi connectivity index (χ1n) is 10.5. The van der Waals surface area contributed by atoms with Crippen LogP contribution in [0.15, 0.2) is 30.3 Å². The second kappa shape index (κ2) is 8.98.